The summed E-state index contributed by atoms with van der Waals surface area (Å²) in [6, 6.07) is 113. The third-order valence-electron chi connectivity index (χ3n) is 21.0. The Balaban J connectivity index is 0.676. The number of thiophene rings is 2. The van der Waals surface area contributed by atoms with Crippen LogP contribution in [0.25, 0.3) is 226 Å². The summed E-state index contributed by atoms with van der Waals surface area (Å²) in [6.45, 7) is 0. The molecule has 0 N–H and O–H groups in total. The Hall–Kier alpha value is -11.9. The van der Waals surface area contributed by atoms with Gasteiger partial charge in [-0.05, 0) is 198 Å². The number of hydrogen-bond donors (Lipinski definition) is 0. The van der Waals surface area contributed by atoms with Gasteiger partial charge in [0.2, 0.25) is 0 Å². The summed E-state index contributed by atoms with van der Waals surface area (Å²) in [6.07, 6.45) is 0. The van der Waals surface area contributed by atoms with Crippen LogP contribution in [0.1, 0.15) is 0 Å². The molecular formula is C92H50O2S2. The maximum absolute atomic E-state index is 6.91. The Morgan fingerprint density at radius 2 is 0.625 bits per heavy atom. The standard InChI is InChI=1S/C92H50O2S2/c1-2-16-53-46-57(33-29-51(53)15-1)83-64-20-5-9-24-68(64)86(69-25-10-6-21-65(69)83)60-37-41-74-82(49-60)95-81-44-42-70-75(50-79-89(91(70)90(74)81)72-26-11-13-27-76(72)93-79)56-32-30-55-47-58(34-31-54(55)45-56)84-62-18-3-7-22-66(62)85(67-23-8-4-19-63(67)84)59-36-40-73-78(48-59)94-77-43-38-52-35-39-71-61-17-12-14-28-80(61)96-92(71)87(52)88(73)77/h1-50H. The fourth-order valence-corrected chi connectivity index (χ4v) is 19.2. The van der Waals surface area contributed by atoms with Crippen LogP contribution in [0.5, 0.6) is 0 Å². The zero-order valence-corrected chi connectivity index (χ0v) is 53.1. The lowest BCUT2D eigenvalue weighted by Gasteiger charge is -2.18. The number of rotatable bonds is 5. The molecular weight excluding hydrogens is 1200 g/mol. The highest BCUT2D eigenvalue weighted by Gasteiger charge is 2.25. The SMILES string of the molecule is c1ccc2cc(-c3c4ccccc4c(-c4ccc5c(c4)sc4ccc6c(-c7ccc8cc(-c9c%10ccccc%10c(-c%10ccc%11c(c%10)oc%10ccc%12ccc%13c%14ccccc%14sc%13c%12c%10%11)c%10ccccc9%10)ccc8c7)cc7oc8ccccc8c7c6c45)c4ccccc34)ccc2c1. The first kappa shape index (κ1) is 52.6. The Kier molecular flexibility index (Phi) is 10.8. The van der Waals surface area contributed by atoms with E-state index >= 15 is 0 Å². The van der Waals surface area contributed by atoms with Gasteiger partial charge in [-0.15, -0.1) is 22.7 Å². The first-order valence-corrected chi connectivity index (χ1v) is 34.6. The van der Waals surface area contributed by atoms with Crippen molar-refractivity contribution in [3.05, 3.63) is 303 Å². The zero-order chi connectivity index (χ0) is 62.4. The molecule has 96 heavy (non-hydrogen) atoms. The van der Waals surface area contributed by atoms with Crippen molar-refractivity contribution in [1.82, 2.24) is 0 Å². The summed E-state index contributed by atoms with van der Waals surface area (Å²) >= 11 is 3.76. The Labute approximate surface area is 556 Å². The van der Waals surface area contributed by atoms with Crippen LogP contribution in [-0.2, 0) is 0 Å². The van der Waals surface area contributed by atoms with Crippen molar-refractivity contribution in [2.24, 2.45) is 0 Å². The molecule has 0 radical (unpaired) electrons. The number of para-hydroxylation sites is 1. The summed E-state index contributed by atoms with van der Waals surface area (Å²) in [5, 5.41) is 29.4. The highest BCUT2D eigenvalue weighted by atomic mass is 32.1. The average molecular weight is 1250 g/mol. The quantitative estimate of drug-likeness (QED) is 0.161. The van der Waals surface area contributed by atoms with Crippen molar-refractivity contribution in [3.8, 4) is 55.6 Å². The second-order valence-corrected chi connectivity index (χ2v) is 28.1. The summed E-state index contributed by atoms with van der Waals surface area (Å²) < 4.78 is 18.9. The van der Waals surface area contributed by atoms with E-state index in [1.54, 1.807) is 0 Å². The monoisotopic (exact) mass is 1250 g/mol. The number of furan rings is 2. The molecule has 0 fully saturated rings. The smallest absolute Gasteiger partial charge is 0.136 e. The fraction of sp³-hybridized carbons (Fsp3) is 0. The second-order valence-electron chi connectivity index (χ2n) is 26.0. The minimum atomic E-state index is 0.893. The van der Waals surface area contributed by atoms with Gasteiger partial charge in [-0.25, -0.2) is 0 Å². The van der Waals surface area contributed by atoms with E-state index < -0.39 is 0 Å². The molecule has 0 amide bonds. The van der Waals surface area contributed by atoms with Crippen molar-refractivity contribution in [2.75, 3.05) is 0 Å². The molecule has 0 spiro atoms. The van der Waals surface area contributed by atoms with Gasteiger partial charge in [0.25, 0.3) is 0 Å². The van der Waals surface area contributed by atoms with E-state index in [1.807, 2.05) is 22.7 Å². The molecule has 4 aromatic heterocycles. The number of fused-ring (bicyclic) bond motifs is 24. The van der Waals surface area contributed by atoms with E-state index in [0.29, 0.717) is 0 Å². The van der Waals surface area contributed by atoms with Crippen molar-refractivity contribution in [2.45, 2.75) is 0 Å². The van der Waals surface area contributed by atoms with Crippen molar-refractivity contribution in [3.63, 3.8) is 0 Å². The van der Waals surface area contributed by atoms with Gasteiger partial charge in [-0.2, -0.15) is 0 Å². The first-order valence-electron chi connectivity index (χ1n) is 32.9. The molecule has 0 aliphatic carbocycles. The molecule has 22 aromatic rings. The molecule has 0 saturated carbocycles. The van der Waals surface area contributed by atoms with Crippen LogP contribution in [-0.4, -0.2) is 0 Å². The average Bonchev–Trinajstić information content (AvgIpc) is 1.53. The van der Waals surface area contributed by atoms with E-state index in [-0.39, 0.29) is 0 Å². The Morgan fingerprint density at radius 1 is 0.188 bits per heavy atom. The van der Waals surface area contributed by atoms with Crippen LogP contribution in [0.15, 0.2) is 312 Å². The molecule has 442 valence electrons. The molecule has 0 aliphatic rings. The first-order chi connectivity index (χ1) is 47.6. The fourth-order valence-electron chi connectivity index (χ4n) is 16.8. The van der Waals surface area contributed by atoms with Gasteiger partial charge in [0, 0.05) is 72.7 Å². The normalized spacial score (nSPS) is 12.4. The van der Waals surface area contributed by atoms with Gasteiger partial charge < -0.3 is 8.83 Å². The molecule has 0 aliphatic heterocycles. The largest absolute Gasteiger partial charge is 0.456 e. The number of hydrogen-bond acceptors (Lipinski definition) is 4. The third kappa shape index (κ3) is 7.45. The van der Waals surface area contributed by atoms with E-state index in [2.05, 4.69) is 303 Å². The van der Waals surface area contributed by atoms with Crippen molar-refractivity contribution >= 4 is 193 Å². The Morgan fingerprint density at radius 3 is 1.28 bits per heavy atom. The Bertz CT molecular complexity index is 7100. The molecule has 2 nitrogen and oxygen atoms in total. The maximum atomic E-state index is 6.91. The zero-order valence-electron chi connectivity index (χ0n) is 51.5. The molecule has 4 heteroatoms. The highest BCUT2D eigenvalue weighted by molar-refractivity contribution is 7.27. The van der Waals surface area contributed by atoms with E-state index in [1.165, 1.54) is 171 Å². The lowest BCUT2D eigenvalue weighted by Crippen LogP contribution is -1.91. The summed E-state index contributed by atoms with van der Waals surface area (Å²) in [7, 11) is 0. The van der Waals surface area contributed by atoms with Crippen LogP contribution in [0, 0.1) is 0 Å². The van der Waals surface area contributed by atoms with E-state index in [9.17, 15) is 0 Å². The van der Waals surface area contributed by atoms with E-state index in [0.717, 1.165) is 55.2 Å². The third-order valence-corrected chi connectivity index (χ3v) is 23.3. The van der Waals surface area contributed by atoms with Crippen molar-refractivity contribution < 1.29 is 8.83 Å². The van der Waals surface area contributed by atoms with Gasteiger partial charge in [-0.1, -0.05) is 237 Å². The molecule has 0 saturated heterocycles. The molecule has 4 heterocycles. The maximum Gasteiger partial charge on any atom is 0.136 e. The van der Waals surface area contributed by atoms with Crippen molar-refractivity contribution in [1.29, 1.82) is 0 Å². The van der Waals surface area contributed by atoms with Gasteiger partial charge in [0.15, 0.2) is 0 Å². The molecule has 0 bridgehead atoms. The van der Waals surface area contributed by atoms with Gasteiger partial charge in [-0.3, -0.25) is 0 Å². The van der Waals surface area contributed by atoms with Crippen LogP contribution in [0.2, 0.25) is 0 Å². The summed E-state index contributed by atoms with van der Waals surface area (Å²) in [5.41, 5.74) is 15.6. The lowest BCUT2D eigenvalue weighted by atomic mass is 9.85. The topological polar surface area (TPSA) is 26.3 Å². The molecule has 0 atom stereocenters. The predicted molar refractivity (Wildman–Crippen MR) is 414 cm³/mol. The van der Waals surface area contributed by atoms with Crippen LogP contribution < -0.4 is 0 Å². The lowest BCUT2D eigenvalue weighted by molar-refractivity contribution is 0.669. The molecule has 22 rings (SSSR count). The second kappa shape index (κ2) is 19.8. The summed E-state index contributed by atoms with van der Waals surface area (Å²) in [4.78, 5) is 0. The number of benzene rings is 18. The van der Waals surface area contributed by atoms with E-state index in [4.69, 9.17) is 8.83 Å². The van der Waals surface area contributed by atoms with Gasteiger partial charge in [0.1, 0.15) is 22.3 Å². The van der Waals surface area contributed by atoms with Gasteiger partial charge in [0.05, 0.1) is 0 Å². The summed E-state index contributed by atoms with van der Waals surface area (Å²) in [5.74, 6) is 0. The highest BCUT2D eigenvalue weighted by Crippen LogP contribution is 2.52. The van der Waals surface area contributed by atoms with Crippen LogP contribution in [0.4, 0.5) is 0 Å². The minimum absolute atomic E-state index is 0.893. The molecule has 18 aromatic carbocycles. The van der Waals surface area contributed by atoms with Crippen LogP contribution in [0.3, 0.4) is 0 Å². The molecule has 0 unspecified atom stereocenters. The minimum Gasteiger partial charge on any atom is -0.456 e. The van der Waals surface area contributed by atoms with Gasteiger partial charge >= 0.3 is 0 Å². The predicted octanol–water partition coefficient (Wildman–Crippen LogP) is 27.8. The van der Waals surface area contributed by atoms with Crippen LogP contribution >= 0.6 is 22.7 Å².